The van der Waals surface area contributed by atoms with E-state index in [1.165, 1.54) is 12.8 Å². The Balaban J connectivity index is 2.01. The molecule has 3 saturated heterocycles. The molecule has 2 bridgehead atoms. The van der Waals surface area contributed by atoms with Crippen LogP contribution in [0.4, 0.5) is 0 Å². The van der Waals surface area contributed by atoms with Gasteiger partial charge >= 0.3 is 8.60 Å². The highest BCUT2D eigenvalue weighted by atomic mass is 31.2. The summed E-state index contributed by atoms with van der Waals surface area (Å²) in [5.74, 6) is 0.634. The number of hydrogen-bond donors (Lipinski definition) is 0. The Morgan fingerprint density at radius 2 is 1.77 bits per heavy atom. The Hall–Kier alpha value is 0.310. The summed E-state index contributed by atoms with van der Waals surface area (Å²) in [6.45, 7) is 6.99. The third-order valence-corrected chi connectivity index (χ3v) is 4.16. The van der Waals surface area contributed by atoms with E-state index in [0.717, 1.165) is 19.8 Å². The lowest BCUT2D eigenvalue weighted by atomic mass is 9.76. The van der Waals surface area contributed by atoms with Crippen molar-refractivity contribution >= 4 is 8.60 Å². The van der Waals surface area contributed by atoms with Crippen LogP contribution in [0.1, 0.15) is 26.7 Å². The maximum atomic E-state index is 5.47. The maximum absolute atomic E-state index is 5.47. The van der Waals surface area contributed by atoms with Crippen molar-refractivity contribution in [2.75, 3.05) is 19.8 Å². The average molecular weight is 204 g/mol. The van der Waals surface area contributed by atoms with E-state index in [4.69, 9.17) is 13.6 Å². The van der Waals surface area contributed by atoms with Crippen LogP contribution >= 0.6 is 8.60 Å². The summed E-state index contributed by atoms with van der Waals surface area (Å²) in [6, 6.07) is 0. The Bertz CT molecular complexity index is 164. The summed E-state index contributed by atoms with van der Waals surface area (Å²) in [4.78, 5) is 0. The smallest absolute Gasteiger partial charge is 0.311 e. The van der Waals surface area contributed by atoms with E-state index in [2.05, 4.69) is 13.8 Å². The Labute approximate surface area is 80.7 Å². The van der Waals surface area contributed by atoms with Crippen LogP contribution < -0.4 is 0 Å². The Kier molecular flexibility index (Phi) is 2.89. The van der Waals surface area contributed by atoms with Crippen molar-refractivity contribution in [3.8, 4) is 0 Å². The van der Waals surface area contributed by atoms with Crippen LogP contribution in [0.25, 0.3) is 0 Å². The third kappa shape index (κ3) is 1.75. The quantitative estimate of drug-likeness (QED) is 0.661. The summed E-state index contributed by atoms with van der Waals surface area (Å²) < 4.78 is 16.4. The Morgan fingerprint density at radius 3 is 2.23 bits per heavy atom. The molecule has 3 nitrogen and oxygen atoms in total. The van der Waals surface area contributed by atoms with E-state index in [1.54, 1.807) is 0 Å². The first kappa shape index (κ1) is 9.85. The standard InChI is InChI=1S/C9H17O3P/c1-3-4-8(2)9-5-10-13(11-6-9)12-7-9/h8H,3-7H2,1-2H3. The van der Waals surface area contributed by atoms with Crippen LogP contribution in [0.15, 0.2) is 0 Å². The van der Waals surface area contributed by atoms with Crippen LogP contribution in [0.2, 0.25) is 0 Å². The van der Waals surface area contributed by atoms with Gasteiger partial charge in [0, 0.05) is 5.41 Å². The summed E-state index contributed by atoms with van der Waals surface area (Å²) in [5.41, 5.74) is 0.146. The Morgan fingerprint density at radius 1 is 1.23 bits per heavy atom. The molecule has 13 heavy (non-hydrogen) atoms. The van der Waals surface area contributed by atoms with Gasteiger partial charge in [0.2, 0.25) is 0 Å². The predicted octanol–water partition coefficient (Wildman–Crippen LogP) is 2.71. The van der Waals surface area contributed by atoms with Gasteiger partial charge in [0.05, 0.1) is 19.8 Å². The lowest BCUT2D eigenvalue weighted by Crippen LogP contribution is -2.47. The summed E-state index contributed by atoms with van der Waals surface area (Å²) in [6.07, 6.45) is 2.45. The molecule has 0 aromatic rings. The zero-order valence-electron chi connectivity index (χ0n) is 8.28. The molecule has 0 amide bonds. The lowest BCUT2D eigenvalue weighted by molar-refractivity contribution is -0.102. The van der Waals surface area contributed by atoms with Crippen molar-refractivity contribution in [1.29, 1.82) is 0 Å². The normalized spacial score (nSPS) is 40.6. The molecular weight excluding hydrogens is 187 g/mol. The molecule has 1 unspecified atom stereocenters. The van der Waals surface area contributed by atoms with Gasteiger partial charge in [0.1, 0.15) is 0 Å². The van der Waals surface area contributed by atoms with Crippen molar-refractivity contribution in [3.05, 3.63) is 0 Å². The highest BCUT2D eigenvalue weighted by Gasteiger charge is 2.47. The molecule has 0 aliphatic carbocycles. The van der Waals surface area contributed by atoms with E-state index >= 15 is 0 Å². The van der Waals surface area contributed by atoms with Crippen LogP contribution in [0, 0.1) is 11.3 Å². The van der Waals surface area contributed by atoms with Gasteiger partial charge in [-0.3, -0.25) is 0 Å². The lowest BCUT2D eigenvalue weighted by Gasteiger charge is -2.47. The van der Waals surface area contributed by atoms with E-state index in [0.29, 0.717) is 5.92 Å². The molecule has 0 radical (unpaired) electrons. The minimum Gasteiger partial charge on any atom is -0.311 e. The van der Waals surface area contributed by atoms with Crippen LogP contribution in [0.3, 0.4) is 0 Å². The van der Waals surface area contributed by atoms with E-state index in [-0.39, 0.29) is 5.41 Å². The fourth-order valence-corrected chi connectivity index (χ4v) is 3.26. The molecule has 1 atom stereocenters. The molecular formula is C9H17O3P. The minimum absolute atomic E-state index is 0.146. The first-order valence-corrected chi connectivity index (χ1v) is 6.05. The second-order valence-electron chi connectivity index (χ2n) is 4.10. The summed E-state index contributed by atoms with van der Waals surface area (Å²) in [5, 5.41) is 0. The predicted molar refractivity (Wildman–Crippen MR) is 51.3 cm³/mol. The van der Waals surface area contributed by atoms with Crippen molar-refractivity contribution in [1.82, 2.24) is 0 Å². The maximum Gasteiger partial charge on any atom is 0.332 e. The van der Waals surface area contributed by atoms with Gasteiger partial charge in [0.25, 0.3) is 0 Å². The number of hydrogen-bond acceptors (Lipinski definition) is 3. The number of fused-ring (bicyclic) bond motifs is 3. The van der Waals surface area contributed by atoms with Gasteiger partial charge in [-0.15, -0.1) is 0 Å². The van der Waals surface area contributed by atoms with Gasteiger partial charge in [-0.25, -0.2) is 0 Å². The van der Waals surface area contributed by atoms with Crippen LogP contribution in [-0.2, 0) is 13.6 Å². The number of rotatable bonds is 3. The van der Waals surface area contributed by atoms with Gasteiger partial charge < -0.3 is 13.6 Å². The average Bonchev–Trinajstić information content (AvgIpc) is 2.21. The van der Waals surface area contributed by atoms with E-state index < -0.39 is 8.60 Å². The molecule has 0 aromatic heterocycles. The topological polar surface area (TPSA) is 27.7 Å². The van der Waals surface area contributed by atoms with Crippen LogP contribution in [0.5, 0.6) is 0 Å². The highest BCUT2D eigenvalue weighted by Crippen LogP contribution is 2.55. The molecule has 76 valence electrons. The third-order valence-electron chi connectivity index (χ3n) is 3.14. The summed E-state index contributed by atoms with van der Waals surface area (Å²) in [7, 11) is -0.969. The van der Waals surface area contributed by atoms with E-state index in [9.17, 15) is 0 Å². The van der Waals surface area contributed by atoms with Gasteiger partial charge in [-0.2, -0.15) is 0 Å². The SMILES string of the molecule is CCCC(C)C12COP(OC1)OC2. The van der Waals surface area contributed by atoms with Gasteiger partial charge in [-0.05, 0) is 5.92 Å². The van der Waals surface area contributed by atoms with Gasteiger partial charge in [-0.1, -0.05) is 26.7 Å². The summed E-state index contributed by atoms with van der Waals surface area (Å²) >= 11 is 0. The van der Waals surface area contributed by atoms with Crippen molar-refractivity contribution in [2.24, 2.45) is 11.3 Å². The fourth-order valence-electron chi connectivity index (χ4n) is 1.95. The molecule has 0 N–H and O–H groups in total. The zero-order chi connectivity index (χ0) is 9.31. The monoisotopic (exact) mass is 204 g/mol. The second kappa shape index (κ2) is 3.82. The second-order valence-corrected chi connectivity index (χ2v) is 5.32. The van der Waals surface area contributed by atoms with Crippen molar-refractivity contribution < 1.29 is 13.6 Å². The van der Waals surface area contributed by atoms with Crippen LogP contribution in [-0.4, -0.2) is 19.8 Å². The minimum atomic E-state index is -0.969. The van der Waals surface area contributed by atoms with Gasteiger partial charge in [0.15, 0.2) is 0 Å². The largest absolute Gasteiger partial charge is 0.332 e. The molecule has 0 saturated carbocycles. The first-order valence-electron chi connectivity index (χ1n) is 4.96. The molecule has 4 heteroatoms. The molecule has 3 heterocycles. The molecule has 0 spiro atoms. The fraction of sp³-hybridized carbons (Fsp3) is 1.00. The first-order chi connectivity index (χ1) is 6.27. The highest BCUT2D eigenvalue weighted by molar-refractivity contribution is 7.41. The molecule has 3 fully saturated rings. The zero-order valence-corrected chi connectivity index (χ0v) is 9.18. The van der Waals surface area contributed by atoms with Crippen molar-refractivity contribution in [2.45, 2.75) is 26.7 Å². The molecule has 3 aliphatic heterocycles. The van der Waals surface area contributed by atoms with E-state index in [1.807, 2.05) is 0 Å². The molecule has 3 aliphatic rings. The molecule has 3 rings (SSSR count). The van der Waals surface area contributed by atoms with Crippen molar-refractivity contribution in [3.63, 3.8) is 0 Å². The molecule has 0 aromatic carbocycles.